The molecule has 0 fully saturated rings. The van der Waals surface area contributed by atoms with Gasteiger partial charge in [0.2, 0.25) is 11.5 Å². The number of amides is 1. The van der Waals surface area contributed by atoms with Crippen LogP contribution in [0, 0.1) is 0 Å². The van der Waals surface area contributed by atoms with E-state index >= 15 is 0 Å². The maximum Gasteiger partial charge on any atom is 0.411 e. The van der Waals surface area contributed by atoms with E-state index in [1.165, 1.54) is 6.07 Å². The van der Waals surface area contributed by atoms with Crippen molar-refractivity contribution in [2.24, 2.45) is 0 Å². The molecule has 0 saturated carbocycles. The molecule has 0 atom stereocenters. The van der Waals surface area contributed by atoms with Crippen molar-refractivity contribution in [1.82, 2.24) is 9.88 Å². The van der Waals surface area contributed by atoms with E-state index in [9.17, 15) is 22.8 Å². The highest BCUT2D eigenvalue weighted by Gasteiger charge is 2.27. The zero-order valence-electron chi connectivity index (χ0n) is 11.4. The van der Waals surface area contributed by atoms with Crippen LogP contribution in [0.1, 0.15) is 12.8 Å². The predicted octanol–water partition coefficient (Wildman–Crippen LogP) is 1.32. The van der Waals surface area contributed by atoms with Crippen LogP contribution in [0.25, 0.3) is 0 Å². The van der Waals surface area contributed by atoms with Crippen molar-refractivity contribution in [1.29, 1.82) is 0 Å². The number of carbonyl (C=O) groups is 1. The first-order chi connectivity index (χ1) is 9.88. The summed E-state index contributed by atoms with van der Waals surface area (Å²) in [6, 6.07) is 4.86. The number of carbonyl (C=O) groups excluding carboxylic acids is 1. The topological polar surface area (TPSA) is 60.3 Å². The molecule has 0 spiro atoms. The normalized spacial score (nSPS) is 11.4. The molecule has 0 radical (unpaired) electrons. The molecule has 1 aromatic heterocycles. The Morgan fingerprint density at radius 3 is 2.71 bits per heavy atom. The number of pyridine rings is 1. The van der Waals surface area contributed by atoms with E-state index < -0.39 is 25.3 Å². The van der Waals surface area contributed by atoms with Gasteiger partial charge < -0.3 is 14.6 Å². The number of aromatic nitrogens is 1. The Bertz CT molecular complexity index is 500. The minimum atomic E-state index is -4.43. The Morgan fingerprint density at radius 1 is 1.29 bits per heavy atom. The molecule has 0 saturated heterocycles. The second-order valence-electron chi connectivity index (χ2n) is 4.40. The van der Waals surface area contributed by atoms with Gasteiger partial charge in [-0.1, -0.05) is 6.07 Å². The van der Waals surface area contributed by atoms with Crippen molar-refractivity contribution >= 4 is 5.91 Å². The van der Waals surface area contributed by atoms with Crippen LogP contribution in [0.3, 0.4) is 0 Å². The van der Waals surface area contributed by atoms with Crippen LogP contribution in [0.2, 0.25) is 0 Å². The van der Waals surface area contributed by atoms with E-state index in [-0.39, 0.29) is 5.56 Å². The highest BCUT2D eigenvalue weighted by Crippen LogP contribution is 2.13. The smallest absolute Gasteiger partial charge is 0.362 e. The molecule has 1 heterocycles. The van der Waals surface area contributed by atoms with E-state index in [4.69, 9.17) is 0 Å². The van der Waals surface area contributed by atoms with Gasteiger partial charge in [0.1, 0.15) is 13.2 Å². The summed E-state index contributed by atoms with van der Waals surface area (Å²) in [6.07, 6.45) is -1.46. The number of ether oxygens (including phenoxy) is 1. The molecule has 1 aromatic rings. The molecule has 1 N–H and O–H groups in total. The Morgan fingerprint density at radius 2 is 2.05 bits per heavy atom. The Kier molecular flexibility index (Phi) is 6.93. The molecule has 0 aliphatic carbocycles. The highest BCUT2D eigenvalue weighted by atomic mass is 19.4. The lowest BCUT2D eigenvalue weighted by molar-refractivity contribution is -0.175. The molecule has 21 heavy (non-hydrogen) atoms. The molecule has 5 nitrogen and oxygen atoms in total. The zero-order valence-corrected chi connectivity index (χ0v) is 11.4. The van der Waals surface area contributed by atoms with Gasteiger partial charge in [0.05, 0.1) is 0 Å². The molecule has 118 valence electrons. The molecule has 0 aromatic carbocycles. The summed E-state index contributed by atoms with van der Waals surface area (Å²) in [5, 5.41) is 2.45. The standard InChI is InChI=1S/C13H17F3N2O3/c14-13(15,16)10-21-9-11(19)17-6-2-4-8-18-7-3-1-5-12(18)20/h1,3,5,7H,2,4,6,8-10H2,(H,17,19). The van der Waals surface area contributed by atoms with Crippen LogP contribution in [0.5, 0.6) is 0 Å². The maximum absolute atomic E-state index is 11.8. The number of halogens is 3. The molecular formula is C13H17F3N2O3. The summed E-state index contributed by atoms with van der Waals surface area (Å²) in [6.45, 7) is -1.19. The van der Waals surface area contributed by atoms with Crippen molar-refractivity contribution in [2.75, 3.05) is 19.8 Å². The minimum absolute atomic E-state index is 0.0953. The molecule has 1 rings (SSSR count). The first-order valence-corrected chi connectivity index (χ1v) is 6.45. The fraction of sp³-hybridized carbons (Fsp3) is 0.538. The number of aryl methyl sites for hydroxylation is 1. The van der Waals surface area contributed by atoms with Crippen LogP contribution >= 0.6 is 0 Å². The molecule has 8 heteroatoms. The van der Waals surface area contributed by atoms with Crippen LogP contribution in [0.4, 0.5) is 13.2 Å². The van der Waals surface area contributed by atoms with Gasteiger partial charge in [0, 0.05) is 25.4 Å². The summed E-state index contributed by atoms with van der Waals surface area (Å²) >= 11 is 0. The number of rotatable bonds is 8. The maximum atomic E-state index is 11.8. The lowest BCUT2D eigenvalue weighted by atomic mass is 10.3. The third kappa shape index (κ3) is 8.13. The monoisotopic (exact) mass is 306 g/mol. The van der Waals surface area contributed by atoms with Crippen molar-refractivity contribution in [3.8, 4) is 0 Å². The van der Waals surface area contributed by atoms with Crippen molar-refractivity contribution in [2.45, 2.75) is 25.6 Å². The Hall–Kier alpha value is -1.83. The summed E-state index contributed by atoms with van der Waals surface area (Å²) in [4.78, 5) is 22.5. The average Bonchev–Trinajstić information content (AvgIpc) is 2.39. The molecule has 0 unspecified atom stereocenters. The lowest BCUT2D eigenvalue weighted by Gasteiger charge is -2.08. The summed E-state index contributed by atoms with van der Waals surface area (Å²) < 4.78 is 41.1. The first kappa shape index (κ1) is 17.2. The van der Waals surface area contributed by atoms with E-state index in [1.54, 1.807) is 22.9 Å². The van der Waals surface area contributed by atoms with E-state index in [1.807, 2.05) is 0 Å². The quantitative estimate of drug-likeness (QED) is 0.737. The van der Waals surface area contributed by atoms with E-state index in [0.29, 0.717) is 25.9 Å². The van der Waals surface area contributed by atoms with E-state index in [0.717, 1.165) is 0 Å². The van der Waals surface area contributed by atoms with Gasteiger partial charge in [-0.2, -0.15) is 13.2 Å². The summed E-state index contributed by atoms with van der Waals surface area (Å²) in [5.74, 6) is -0.587. The summed E-state index contributed by atoms with van der Waals surface area (Å²) in [7, 11) is 0. The van der Waals surface area contributed by atoms with Crippen LogP contribution in [0.15, 0.2) is 29.2 Å². The first-order valence-electron chi connectivity index (χ1n) is 6.45. The van der Waals surface area contributed by atoms with Crippen molar-refractivity contribution < 1.29 is 22.7 Å². The average molecular weight is 306 g/mol. The number of hydrogen-bond acceptors (Lipinski definition) is 3. The molecular weight excluding hydrogens is 289 g/mol. The van der Waals surface area contributed by atoms with Crippen LogP contribution < -0.4 is 10.9 Å². The second kappa shape index (κ2) is 8.46. The number of unbranched alkanes of at least 4 members (excludes halogenated alkanes) is 1. The van der Waals surface area contributed by atoms with Gasteiger partial charge in [-0.15, -0.1) is 0 Å². The Balaban J connectivity index is 2.08. The van der Waals surface area contributed by atoms with Gasteiger partial charge in [0.25, 0.3) is 0 Å². The molecule has 0 aliphatic rings. The second-order valence-corrected chi connectivity index (χ2v) is 4.40. The van der Waals surface area contributed by atoms with Crippen LogP contribution in [-0.4, -0.2) is 36.4 Å². The number of hydrogen-bond donors (Lipinski definition) is 1. The number of alkyl halides is 3. The van der Waals surface area contributed by atoms with Crippen LogP contribution in [-0.2, 0) is 16.1 Å². The van der Waals surface area contributed by atoms with Gasteiger partial charge in [-0.25, -0.2) is 0 Å². The SMILES string of the molecule is O=C(COCC(F)(F)F)NCCCCn1ccccc1=O. The predicted molar refractivity (Wildman–Crippen MR) is 69.8 cm³/mol. The highest BCUT2D eigenvalue weighted by molar-refractivity contribution is 5.77. The Labute approximate surface area is 119 Å². The van der Waals surface area contributed by atoms with Gasteiger partial charge in [0.15, 0.2) is 0 Å². The fourth-order valence-electron chi connectivity index (χ4n) is 1.59. The molecule has 1 amide bonds. The lowest BCUT2D eigenvalue weighted by Crippen LogP contribution is -2.30. The number of nitrogens with zero attached hydrogens (tertiary/aromatic N) is 1. The van der Waals surface area contributed by atoms with E-state index in [2.05, 4.69) is 10.1 Å². The number of nitrogens with one attached hydrogen (secondary N) is 1. The third-order valence-corrected chi connectivity index (χ3v) is 2.55. The van der Waals surface area contributed by atoms with Crippen molar-refractivity contribution in [3.05, 3.63) is 34.7 Å². The van der Waals surface area contributed by atoms with Crippen molar-refractivity contribution in [3.63, 3.8) is 0 Å². The summed E-state index contributed by atoms with van der Waals surface area (Å²) in [5.41, 5.74) is -0.0953. The third-order valence-electron chi connectivity index (χ3n) is 2.55. The van der Waals surface area contributed by atoms with Gasteiger partial charge in [-0.3, -0.25) is 9.59 Å². The fourth-order valence-corrected chi connectivity index (χ4v) is 1.59. The molecule has 0 aliphatic heterocycles. The molecule has 0 bridgehead atoms. The minimum Gasteiger partial charge on any atom is -0.362 e. The zero-order chi connectivity index (χ0) is 15.7. The van der Waals surface area contributed by atoms with Gasteiger partial charge in [-0.05, 0) is 18.9 Å². The van der Waals surface area contributed by atoms with Gasteiger partial charge >= 0.3 is 6.18 Å². The largest absolute Gasteiger partial charge is 0.411 e.